The Balaban J connectivity index is 2.14. The molecule has 1 aromatic heterocycles. The molecular weight excluding hydrogens is 266 g/mol. The van der Waals surface area contributed by atoms with Crippen LogP contribution in [0, 0.1) is 22.0 Å². The number of hydrogen-bond acceptors (Lipinski definition) is 4. The van der Waals surface area contributed by atoms with Gasteiger partial charge in [-0.15, -0.1) is 0 Å². The number of hydrogen-bond donors (Lipinski definition) is 1. The Hall–Kier alpha value is -1.36. The lowest BCUT2D eigenvalue weighted by atomic mass is 9.79. The summed E-state index contributed by atoms with van der Waals surface area (Å²) in [6.45, 7) is 4.47. The van der Waals surface area contributed by atoms with E-state index < -0.39 is 4.92 Å². The standard InChI is InChI=1S/C13H18ClN3O2/c1-8-3-4-10(7-9(8)2)15-13-11(17(18)19)5-6-12(14)16-13/h5-6,8-10H,3-4,7H2,1-2H3,(H,15,16). The minimum atomic E-state index is -0.430. The number of nitro groups is 1. The van der Waals surface area contributed by atoms with Crippen molar-refractivity contribution in [1.82, 2.24) is 4.98 Å². The zero-order valence-corrected chi connectivity index (χ0v) is 11.9. The molecule has 3 atom stereocenters. The third-order valence-corrected chi connectivity index (χ3v) is 4.19. The zero-order valence-electron chi connectivity index (χ0n) is 11.1. The largest absolute Gasteiger partial charge is 0.362 e. The normalized spacial score (nSPS) is 27.0. The van der Waals surface area contributed by atoms with Crippen molar-refractivity contribution in [2.24, 2.45) is 11.8 Å². The molecule has 0 aliphatic heterocycles. The highest BCUT2D eigenvalue weighted by Crippen LogP contribution is 2.33. The van der Waals surface area contributed by atoms with Gasteiger partial charge in [0, 0.05) is 12.1 Å². The molecule has 0 bridgehead atoms. The van der Waals surface area contributed by atoms with E-state index in [1.165, 1.54) is 12.1 Å². The van der Waals surface area contributed by atoms with Gasteiger partial charge in [-0.3, -0.25) is 10.1 Å². The fraction of sp³-hybridized carbons (Fsp3) is 0.615. The lowest BCUT2D eigenvalue weighted by Gasteiger charge is -2.32. The van der Waals surface area contributed by atoms with Gasteiger partial charge in [0.2, 0.25) is 5.82 Å². The van der Waals surface area contributed by atoms with Gasteiger partial charge >= 0.3 is 5.69 Å². The van der Waals surface area contributed by atoms with E-state index in [1.54, 1.807) is 0 Å². The van der Waals surface area contributed by atoms with E-state index in [0.717, 1.165) is 19.3 Å². The van der Waals surface area contributed by atoms with Gasteiger partial charge in [-0.1, -0.05) is 25.4 Å². The SMILES string of the molecule is CC1CCC(Nc2nc(Cl)ccc2[N+](=O)[O-])CC1C. The van der Waals surface area contributed by atoms with E-state index in [2.05, 4.69) is 24.1 Å². The number of rotatable bonds is 3. The number of halogens is 1. The third kappa shape index (κ3) is 3.35. The average Bonchev–Trinajstić information content (AvgIpc) is 2.33. The van der Waals surface area contributed by atoms with Gasteiger partial charge < -0.3 is 5.32 Å². The maximum atomic E-state index is 11.0. The number of anilines is 1. The van der Waals surface area contributed by atoms with E-state index in [4.69, 9.17) is 11.6 Å². The van der Waals surface area contributed by atoms with Gasteiger partial charge in [-0.25, -0.2) is 4.98 Å². The van der Waals surface area contributed by atoms with Crippen LogP contribution in [0.3, 0.4) is 0 Å². The number of nitrogens with one attached hydrogen (secondary N) is 1. The molecule has 1 aromatic rings. The molecule has 1 saturated carbocycles. The summed E-state index contributed by atoms with van der Waals surface area (Å²) in [5.74, 6) is 1.61. The third-order valence-electron chi connectivity index (χ3n) is 3.98. The summed E-state index contributed by atoms with van der Waals surface area (Å²) < 4.78 is 0. The summed E-state index contributed by atoms with van der Waals surface area (Å²) in [7, 11) is 0. The fourth-order valence-electron chi connectivity index (χ4n) is 2.55. The average molecular weight is 284 g/mol. The molecular formula is C13H18ClN3O2. The van der Waals surface area contributed by atoms with Crippen LogP contribution in [0.5, 0.6) is 0 Å². The molecule has 3 unspecified atom stereocenters. The summed E-state index contributed by atoms with van der Waals surface area (Å²) in [5.41, 5.74) is -0.0179. The van der Waals surface area contributed by atoms with Gasteiger partial charge in [-0.05, 0) is 37.2 Å². The van der Waals surface area contributed by atoms with Crippen LogP contribution in [0.2, 0.25) is 5.15 Å². The Morgan fingerprint density at radius 1 is 1.37 bits per heavy atom. The van der Waals surface area contributed by atoms with Crippen molar-refractivity contribution in [2.75, 3.05) is 5.32 Å². The Morgan fingerprint density at radius 3 is 2.74 bits per heavy atom. The molecule has 2 rings (SSSR count). The molecule has 0 radical (unpaired) electrons. The Labute approximate surface area is 117 Å². The number of nitrogens with zero attached hydrogens (tertiary/aromatic N) is 2. The van der Waals surface area contributed by atoms with Crippen molar-refractivity contribution in [1.29, 1.82) is 0 Å². The van der Waals surface area contributed by atoms with Crippen LogP contribution >= 0.6 is 11.6 Å². The van der Waals surface area contributed by atoms with Crippen LogP contribution in [-0.2, 0) is 0 Å². The van der Waals surface area contributed by atoms with E-state index in [9.17, 15) is 10.1 Å². The molecule has 1 heterocycles. The Morgan fingerprint density at radius 2 is 2.11 bits per heavy atom. The molecule has 6 heteroatoms. The van der Waals surface area contributed by atoms with Crippen molar-refractivity contribution in [3.63, 3.8) is 0 Å². The van der Waals surface area contributed by atoms with Crippen molar-refractivity contribution < 1.29 is 4.92 Å². The van der Waals surface area contributed by atoms with E-state index in [0.29, 0.717) is 11.8 Å². The Bertz CT molecular complexity index is 481. The first-order valence-electron chi connectivity index (χ1n) is 6.55. The van der Waals surface area contributed by atoms with Gasteiger partial charge in [0.25, 0.3) is 0 Å². The predicted octanol–water partition coefficient (Wildman–Crippen LogP) is 3.88. The molecule has 19 heavy (non-hydrogen) atoms. The van der Waals surface area contributed by atoms with Crippen molar-refractivity contribution >= 4 is 23.1 Å². The van der Waals surface area contributed by atoms with Gasteiger partial charge in [0.05, 0.1) is 4.92 Å². The zero-order chi connectivity index (χ0) is 14.0. The monoisotopic (exact) mass is 283 g/mol. The quantitative estimate of drug-likeness (QED) is 0.519. The van der Waals surface area contributed by atoms with Crippen LogP contribution in [0.15, 0.2) is 12.1 Å². The molecule has 0 saturated heterocycles. The smallest absolute Gasteiger partial charge is 0.311 e. The highest BCUT2D eigenvalue weighted by Gasteiger charge is 2.26. The van der Waals surface area contributed by atoms with Gasteiger partial charge in [-0.2, -0.15) is 0 Å². The molecule has 1 fully saturated rings. The first kappa shape index (κ1) is 14.1. The van der Waals surface area contributed by atoms with E-state index in [-0.39, 0.29) is 22.7 Å². The van der Waals surface area contributed by atoms with Gasteiger partial charge in [0.15, 0.2) is 0 Å². The first-order chi connectivity index (χ1) is 8.97. The molecule has 0 aromatic carbocycles. The van der Waals surface area contributed by atoms with Crippen molar-refractivity contribution in [3.8, 4) is 0 Å². The fourth-order valence-corrected chi connectivity index (χ4v) is 2.70. The molecule has 0 spiro atoms. The maximum Gasteiger partial charge on any atom is 0.311 e. The van der Waals surface area contributed by atoms with E-state index >= 15 is 0 Å². The lowest BCUT2D eigenvalue weighted by molar-refractivity contribution is -0.384. The highest BCUT2D eigenvalue weighted by molar-refractivity contribution is 6.29. The maximum absolute atomic E-state index is 11.0. The second-order valence-corrected chi connectivity index (χ2v) is 5.75. The minimum Gasteiger partial charge on any atom is -0.362 e. The van der Waals surface area contributed by atoms with Crippen molar-refractivity contribution in [3.05, 3.63) is 27.4 Å². The topological polar surface area (TPSA) is 68.1 Å². The molecule has 1 N–H and O–H groups in total. The minimum absolute atomic E-state index is 0.0179. The summed E-state index contributed by atoms with van der Waals surface area (Å²) >= 11 is 5.82. The molecule has 0 amide bonds. The number of aromatic nitrogens is 1. The molecule has 1 aliphatic rings. The summed E-state index contributed by atoms with van der Waals surface area (Å²) in [6.07, 6.45) is 3.15. The van der Waals surface area contributed by atoms with Crippen LogP contribution in [0.1, 0.15) is 33.1 Å². The second-order valence-electron chi connectivity index (χ2n) is 5.37. The molecule has 1 aliphatic carbocycles. The van der Waals surface area contributed by atoms with Crippen LogP contribution < -0.4 is 5.32 Å². The van der Waals surface area contributed by atoms with E-state index in [1.807, 2.05) is 0 Å². The van der Waals surface area contributed by atoms with Crippen LogP contribution in [0.25, 0.3) is 0 Å². The van der Waals surface area contributed by atoms with Crippen LogP contribution in [0.4, 0.5) is 11.5 Å². The summed E-state index contributed by atoms with van der Waals surface area (Å²) in [6, 6.07) is 3.07. The number of pyridine rings is 1. The predicted molar refractivity (Wildman–Crippen MR) is 75.5 cm³/mol. The summed E-state index contributed by atoms with van der Waals surface area (Å²) in [4.78, 5) is 14.6. The molecule has 104 valence electrons. The lowest BCUT2D eigenvalue weighted by Crippen LogP contribution is -2.30. The first-order valence-corrected chi connectivity index (χ1v) is 6.92. The highest BCUT2D eigenvalue weighted by atomic mass is 35.5. The summed E-state index contributed by atoms with van der Waals surface area (Å²) in [5, 5.41) is 14.4. The van der Waals surface area contributed by atoms with Crippen LogP contribution in [-0.4, -0.2) is 15.9 Å². The molecule has 5 nitrogen and oxygen atoms in total. The van der Waals surface area contributed by atoms with Crippen molar-refractivity contribution in [2.45, 2.75) is 39.2 Å². The second kappa shape index (κ2) is 5.74. The Kier molecular flexibility index (Phi) is 4.24. The van der Waals surface area contributed by atoms with Gasteiger partial charge in [0.1, 0.15) is 5.15 Å².